The van der Waals surface area contributed by atoms with E-state index in [2.05, 4.69) is 30.8 Å². The van der Waals surface area contributed by atoms with Gasteiger partial charge in [-0.05, 0) is 61.5 Å². The molecule has 5 rings (SSSR count). The zero-order valence-electron chi connectivity index (χ0n) is 24.4. The van der Waals surface area contributed by atoms with Crippen molar-refractivity contribution >= 4 is 65.8 Å². The molecule has 2 heterocycles. The van der Waals surface area contributed by atoms with Crippen LogP contribution in [0.25, 0.3) is 22.0 Å². The summed E-state index contributed by atoms with van der Waals surface area (Å²) >= 11 is 0. The Morgan fingerprint density at radius 1 is 0.787 bits per heavy atom. The van der Waals surface area contributed by atoms with Gasteiger partial charge in [0.05, 0.1) is 11.3 Å². The Labute approximate surface area is 267 Å². The third-order valence-electron chi connectivity index (χ3n) is 6.67. The van der Waals surface area contributed by atoms with Crippen LogP contribution in [0.15, 0.2) is 99.0 Å². The van der Waals surface area contributed by atoms with Gasteiger partial charge in [0.2, 0.25) is 5.91 Å². The number of fused-ring (bicyclic) bond motifs is 1. The smallest absolute Gasteiger partial charge is 0.295 e. The van der Waals surface area contributed by atoms with E-state index in [1.54, 1.807) is 24.4 Å². The van der Waals surface area contributed by atoms with Gasteiger partial charge in [-0.2, -0.15) is 16.8 Å². The van der Waals surface area contributed by atoms with Gasteiger partial charge in [-0.1, -0.05) is 18.2 Å². The lowest BCUT2D eigenvalue weighted by atomic mass is 10.0. The molecule has 0 fully saturated rings. The summed E-state index contributed by atoms with van der Waals surface area (Å²) in [7, 11) is -9.99. The standard InChI is InChI=1S/C30H24N6O9S2/c1-16-22(15-23-25(38)11-10-24(29(23)32-16)35-36-28-5-3-4-12-31-28)30(39)34-19-7-9-21(27(14-19)47(43,44)45)20-8-6-18(33-17(2)37)13-26(20)46(40,41)42/h3-15,38H,1-2H3,(H,33,37)(H,34,39)(H,40,41,42)(H,43,44,45). The molecule has 0 bridgehead atoms. The monoisotopic (exact) mass is 676 g/mol. The summed E-state index contributed by atoms with van der Waals surface area (Å²) < 4.78 is 69.2. The van der Waals surface area contributed by atoms with Gasteiger partial charge in [0.15, 0.2) is 5.82 Å². The van der Waals surface area contributed by atoms with Crippen molar-refractivity contribution in [3.8, 4) is 16.9 Å². The molecule has 47 heavy (non-hydrogen) atoms. The summed E-state index contributed by atoms with van der Waals surface area (Å²) in [6.07, 6.45) is 1.55. The minimum Gasteiger partial charge on any atom is -0.507 e. The van der Waals surface area contributed by atoms with Crippen molar-refractivity contribution in [1.82, 2.24) is 9.97 Å². The highest BCUT2D eigenvalue weighted by Crippen LogP contribution is 2.37. The molecule has 0 aliphatic heterocycles. The molecule has 0 saturated heterocycles. The highest BCUT2D eigenvalue weighted by atomic mass is 32.2. The van der Waals surface area contributed by atoms with Gasteiger partial charge in [0.25, 0.3) is 26.1 Å². The number of rotatable bonds is 8. The van der Waals surface area contributed by atoms with E-state index < -0.39 is 41.8 Å². The molecule has 5 aromatic rings. The third-order valence-corrected chi connectivity index (χ3v) is 8.46. The summed E-state index contributed by atoms with van der Waals surface area (Å²) in [4.78, 5) is 31.8. The molecule has 0 spiro atoms. The molecule has 0 aliphatic carbocycles. The highest BCUT2D eigenvalue weighted by molar-refractivity contribution is 7.86. The average Bonchev–Trinajstić information content (AvgIpc) is 3.00. The molecule has 0 unspecified atom stereocenters. The Kier molecular flexibility index (Phi) is 8.81. The predicted molar refractivity (Wildman–Crippen MR) is 170 cm³/mol. The van der Waals surface area contributed by atoms with Gasteiger partial charge in [-0.3, -0.25) is 18.7 Å². The first-order valence-corrected chi connectivity index (χ1v) is 16.3. The van der Waals surface area contributed by atoms with Crippen molar-refractivity contribution < 1.29 is 40.6 Å². The number of azo groups is 1. The Morgan fingerprint density at radius 3 is 1.96 bits per heavy atom. The Balaban J connectivity index is 1.52. The second-order valence-electron chi connectivity index (χ2n) is 10.0. The maximum Gasteiger partial charge on any atom is 0.295 e. The molecular weight excluding hydrogens is 652 g/mol. The van der Waals surface area contributed by atoms with E-state index in [0.717, 1.165) is 24.3 Å². The van der Waals surface area contributed by atoms with Crippen LogP contribution >= 0.6 is 0 Å². The van der Waals surface area contributed by atoms with E-state index in [0.29, 0.717) is 11.5 Å². The van der Waals surface area contributed by atoms with Crippen LogP contribution in [0, 0.1) is 6.92 Å². The Hall–Kier alpha value is -5.62. The first kappa shape index (κ1) is 32.8. The molecule has 15 nitrogen and oxygen atoms in total. The zero-order chi connectivity index (χ0) is 34.1. The molecule has 3 aromatic carbocycles. The predicted octanol–water partition coefficient (Wildman–Crippen LogP) is 5.43. The second-order valence-corrected chi connectivity index (χ2v) is 12.8. The minimum atomic E-state index is -5.04. The van der Waals surface area contributed by atoms with Crippen LogP contribution < -0.4 is 10.6 Å². The lowest BCUT2D eigenvalue weighted by Crippen LogP contribution is -2.15. The number of hydrogen-bond acceptors (Lipinski definition) is 11. The van der Waals surface area contributed by atoms with Crippen molar-refractivity contribution in [3.05, 3.63) is 90.3 Å². The summed E-state index contributed by atoms with van der Waals surface area (Å²) in [6.45, 7) is 2.71. The van der Waals surface area contributed by atoms with Crippen LogP contribution in [-0.4, -0.2) is 52.8 Å². The second kappa shape index (κ2) is 12.6. The molecule has 2 aromatic heterocycles. The number of benzene rings is 3. The molecule has 240 valence electrons. The Morgan fingerprint density at radius 2 is 1.40 bits per heavy atom. The lowest BCUT2D eigenvalue weighted by molar-refractivity contribution is -0.114. The van der Waals surface area contributed by atoms with Gasteiger partial charge in [-0.15, -0.1) is 10.2 Å². The zero-order valence-corrected chi connectivity index (χ0v) is 26.0. The molecule has 0 atom stereocenters. The normalized spacial score (nSPS) is 11.9. The largest absolute Gasteiger partial charge is 0.507 e. The van der Waals surface area contributed by atoms with Crippen LogP contribution in [0.2, 0.25) is 0 Å². The van der Waals surface area contributed by atoms with Crippen molar-refractivity contribution in [1.29, 1.82) is 0 Å². The number of nitrogens with zero attached hydrogens (tertiary/aromatic N) is 4. The summed E-state index contributed by atoms with van der Waals surface area (Å²) in [5, 5.41) is 23.8. The molecular formula is C30H24N6O9S2. The number of amides is 2. The minimum absolute atomic E-state index is 0.0000417. The molecule has 5 N–H and O–H groups in total. The van der Waals surface area contributed by atoms with Crippen molar-refractivity contribution in [2.45, 2.75) is 23.6 Å². The van der Waals surface area contributed by atoms with Crippen LogP contribution in [0.3, 0.4) is 0 Å². The first-order chi connectivity index (χ1) is 22.1. The number of aromatic nitrogens is 2. The van der Waals surface area contributed by atoms with Crippen molar-refractivity contribution in [3.63, 3.8) is 0 Å². The quantitative estimate of drug-likeness (QED) is 0.103. The fourth-order valence-corrected chi connectivity index (χ4v) is 6.09. The molecule has 0 radical (unpaired) electrons. The number of hydrogen-bond donors (Lipinski definition) is 5. The third kappa shape index (κ3) is 7.28. The number of aryl methyl sites for hydroxylation is 1. The van der Waals surface area contributed by atoms with E-state index in [-0.39, 0.29) is 50.4 Å². The SMILES string of the molecule is CC(=O)Nc1ccc(-c2ccc(NC(=O)c3cc4c(O)ccc(N=Nc5ccccn5)c4nc3C)cc2S(=O)(=O)O)c(S(=O)(=O)O)c1. The number of carbonyl (C=O) groups excluding carboxylic acids is 2. The van der Waals surface area contributed by atoms with Gasteiger partial charge < -0.3 is 15.7 Å². The number of phenolic OH excluding ortho intramolecular Hbond substituents is 1. The van der Waals surface area contributed by atoms with Gasteiger partial charge in [0.1, 0.15) is 26.7 Å². The van der Waals surface area contributed by atoms with E-state index in [9.17, 15) is 40.6 Å². The molecule has 0 saturated carbocycles. The number of anilines is 2. The average molecular weight is 677 g/mol. The lowest BCUT2D eigenvalue weighted by Gasteiger charge is -2.15. The number of nitrogens with one attached hydrogen (secondary N) is 2. The number of aromatic hydroxyl groups is 1. The van der Waals surface area contributed by atoms with Crippen molar-refractivity contribution in [2.75, 3.05) is 10.6 Å². The van der Waals surface area contributed by atoms with Gasteiger partial charge in [-0.25, -0.2) is 9.97 Å². The first-order valence-electron chi connectivity index (χ1n) is 13.4. The fraction of sp³-hybridized carbons (Fsp3) is 0.0667. The molecule has 2 amide bonds. The maximum absolute atomic E-state index is 13.4. The van der Waals surface area contributed by atoms with Crippen LogP contribution in [0.5, 0.6) is 5.75 Å². The molecule has 0 aliphatic rings. The van der Waals surface area contributed by atoms with Crippen molar-refractivity contribution in [2.24, 2.45) is 10.2 Å². The molecule has 17 heteroatoms. The summed E-state index contributed by atoms with van der Waals surface area (Å²) in [6, 6.07) is 15.9. The van der Waals surface area contributed by atoms with E-state index >= 15 is 0 Å². The highest BCUT2D eigenvalue weighted by Gasteiger charge is 2.25. The Bertz CT molecular complexity index is 2330. The van der Waals surface area contributed by atoms with Gasteiger partial charge in [0, 0.05) is 41.0 Å². The van der Waals surface area contributed by atoms with Crippen LogP contribution in [0.1, 0.15) is 23.0 Å². The van der Waals surface area contributed by atoms with Crippen LogP contribution in [0.4, 0.5) is 22.9 Å². The summed E-state index contributed by atoms with van der Waals surface area (Å²) in [5.41, 5.74) is 0.0137. The fourth-order valence-electron chi connectivity index (χ4n) is 4.62. The number of pyridine rings is 2. The van der Waals surface area contributed by atoms with Gasteiger partial charge >= 0.3 is 0 Å². The number of carbonyl (C=O) groups is 2. The van der Waals surface area contributed by atoms with E-state index in [1.165, 1.54) is 44.2 Å². The maximum atomic E-state index is 13.4. The number of phenols is 1. The summed E-state index contributed by atoms with van der Waals surface area (Å²) in [5.74, 6) is -1.15. The van der Waals surface area contributed by atoms with E-state index in [1.807, 2.05) is 0 Å². The van der Waals surface area contributed by atoms with Crippen LogP contribution in [-0.2, 0) is 25.0 Å². The topological polar surface area (TPSA) is 238 Å². The van der Waals surface area contributed by atoms with E-state index in [4.69, 9.17) is 0 Å².